The molecule has 1 aliphatic heterocycles. The van der Waals surface area contributed by atoms with Crippen molar-refractivity contribution in [3.8, 4) is 5.75 Å². The van der Waals surface area contributed by atoms with Crippen LogP contribution in [0, 0.1) is 0 Å². The lowest BCUT2D eigenvalue weighted by Crippen LogP contribution is -2.28. The summed E-state index contributed by atoms with van der Waals surface area (Å²) in [5.74, 6) is 1.61. The van der Waals surface area contributed by atoms with Crippen molar-refractivity contribution in [1.29, 1.82) is 0 Å². The number of fused-ring (bicyclic) bond motifs is 1. The van der Waals surface area contributed by atoms with Crippen molar-refractivity contribution in [2.75, 3.05) is 19.0 Å². The van der Waals surface area contributed by atoms with Gasteiger partial charge in [0.25, 0.3) is 5.56 Å². The predicted molar refractivity (Wildman–Crippen MR) is 117 cm³/mol. The molecule has 7 heteroatoms. The van der Waals surface area contributed by atoms with E-state index in [0.717, 1.165) is 48.0 Å². The van der Waals surface area contributed by atoms with Gasteiger partial charge in [-0.3, -0.25) is 9.36 Å². The molecule has 1 aliphatic rings. The summed E-state index contributed by atoms with van der Waals surface area (Å²) in [6, 6.07) is 14.9. The topological polar surface area (TPSA) is 53.3 Å². The summed E-state index contributed by atoms with van der Waals surface area (Å²) in [5, 5.41) is 2.09. The number of hydrogen-bond acceptors (Lipinski definition) is 5. The molecule has 1 unspecified atom stereocenters. The van der Waals surface area contributed by atoms with Crippen molar-refractivity contribution in [3.05, 3.63) is 63.9 Å². The van der Waals surface area contributed by atoms with Crippen LogP contribution < -0.4 is 10.3 Å². The van der Waals surface area contributed by atoms with Gasteiger partial charge in [0.15, 0.2) is 5.16 Å². The largest absolute Gasteiger partial charge is 0.494 e. The van der Waals surface area contributed by atoms with Crippen molar-refractivity contribution < 1.29 is 9.47 Å². The lowest BCUT2D eigenvalue weighted by Gasteiger charge is -2.16. The quantitative estimate of drug-likeness (QED) is 0.292. The Morgan fingerprint density at radius 3 is 2.83 bits per heavy atom. The molecule has 0 radical (unpaired) electrons. The van der Waals surface area contributed by atoms with Gasteiger partial charge in [0.1, 0.15) is 5.75 Å². The summed E-state index contributed by atoms with van der Waals surface area (Å²) in [6.45, 7) is 1.92. The third kappa shape index (κ3) is 5.13. The van der Waals surface area contributed by atoms with Crippen LogP contribution in [0.3, 0.4) is 0 Å². The van der Waals surface area contributed by atoms with Gasteiger partial charge in [-0.2, -0.15) is 0 Å². The van der Waals surface area contributed by atoms with Gasteiger partial charge < -0.3 is 9.47 Å². The summed E-state index contributed by atoms with van der Waals surface area (Å²) in [7, 11) is 0. The zero-order valence-corrected chi connectivity index (χ0v) is 17.6. The van der Waals surface area contributed by atoms with Gasteiger partial charge in [0.05, 0.1) is 30.2 Å². The number of thioether (sulfide) groups is 1. The fraction of sp³-hybridized carbons (Fsp3) is 0.364. The van der Waals surface area contributed by atoms with Crippen LogP contribution in [0.2, 0.25) is 5.02 Å². The molecule has 4 rings (SSSR count). The number of halogens is 1. The van der Waals surface area contributed by atoms with Crippen molar-refractivity contribution in [2.45, 2.75) is 37.1 Å². The fourth-order valence-corrected chi connectivity index (χ4v) is 4.40. The van der Waals surface area contributed by atoms with Gasteiger partial charge in [-0.1, -0.05) is 35.5 Å². The maximum Gasteiger partial charge on any atom is 0.262 e. The van der Waals surface area contributed by atoms with E-state index in [1.807, 2.05) is 48.5 Å². The van der Waals surface area contributed by atoms with Crippen LogP contribution in [0.4, 0.5) is 0 Å². The molecule has 2 heterocycles. The molecule has 152 valence electrons. The van der Waals surface area contributed by atoms with E-state index >= 15 is 0 Å². The van der Waals surface area contributed by atoms with E-state index in [4.69, 9.17) is 26.1 Å². The van der Waals surface area contributed by atoms with Gasteiger partial charge in [-0.25, -0.2) is 4.98 Å². The molecule has 1 atom stereocenters. The average molecular weight is 431 g/mol. The highest BCUT2D eigenvalue weighted by atomic mass is 35.5. The Labute approximate surface area is 179 Å². The van der Waals surface area contributed by atoms with E-state index in [0.29, 0.717) is 23.6 Å². The normalized spacial score (nSPS) is 16.4. The Bertz CT molecular complexity index is 1020. The second-order valence-corrected chi connectivity index (χ2v) is 8.47. The second kappa shape index (κ2) is 9.65. The Balaban J connectivity index is 1.43. The lowest BCUT2D eigenvalue weighted by molar-refractivity contribution is 0.0937. The summed E-state index contributed by atoms with van der Waals surface area (Å²) >= 11 is 7.48. The third-order valence-corrected chi connectivity index (χ3v) is 6.15. The first-order valence-corrected chi connectivity index (χ1v) is 11.2. The molecule has 29 heavy (non-hydrogen) atoms. The minimum absolute atomic E-state index is 0.00557. The molecule has 1 fully saturated rings. The molecule has 0 bridgehead atoms. The minimum atomic E-state index is 0.00557. The smallest absolute Gasteiger partial charge is 0.262 e. The first-order chi connectivity index (χ1) is 14.2. The molecular formula is C22H23ClN2O3S. The molecule has 2 aromatic carbocycles. The van der Waals surface area contributed by atoms with Crippen molar-refractivity contribution >= 4 is 34.3 Å². The van der Waals surface area contributed by atoms with E-state index in [1.165, 1.54) is 0 Å². The SMILES string of the molecule is O=c1c2ccccc2nc(SCCCOc2ccc(Cl)cc2)n1CC1CCCO1. The highest BCUT2D eigenvalue weighted by Gasteiger charge is 2.20. The van der Waals surface area contributed by atoms with Crippen LogP contribution in [-0.4, -0.2) is 34.6 Å². The summed E-state index contributed by atoms with van der Waals surface area (Å²) in [6.07, 6.45) is 2.96. The number of para-hydroxylation sites is 1. The first-order valence-electron chi connectivity index (χ1n) is 9.83. The number of aromatic nitrogens is 2. The molecule has 0 spiro atoms. The molecule has 0 N–H and O–H groups in total. The maximum absolute atomic E-state index is 13.1. The molecule has 0 amide bonds. The van der Waals surface area contributed by atoms with E-state index in [-0.39, 0.29) is 11.7 Å². The summed E-state index contributed by atoms with van der Waals surface area (Å²) < 4.78 is 13.3. The zero-order chi connectivity index (χ0) is 20.1. The average Bonchev–Trinajstić information content (AvgIpc) is 3.25. The number of ether oxygens (including phenoxy) is 2. The molecule has 1 saturated heterocycles. The van der Waals surface area contributed by atoms with Crippen LogP contribution >= 0.6 is 23.4 Å². The van der Waals surface area contributed by atoms with E-state index < -0.39 is 0 Å². The van der Waals surface area contributed by atoms with Gasteiger partial charge in [-0.05, 0) is 55.7 Å². The van der Waals surface area contributed by atoms with Crippen molar-refractivity contribution in [2.24, 2.45) is 0 Å². The van der Waals surface area contributed by atoms with Crippen molar-refractivity contribution in [1.82, 2.24) is 9.55 Å². The first kappa shape index (κ1) is 20.3. The highest BCUT2D eigenvalue weighted by Crippen LogP contribution is 2.22. The van der Waals surface area contributed by atoms with Crippen LogP contribution in [0.15, 0.2) is 58.5 Å². The van der Waals surface area contributed by atoms with Crippen LogP contribution in [0.1, 0.15) is 19.3 Å². The van der Waals surface area contributed by atoms with Crippen LogP contribution in [0.25, 0.3) is 10.9 Å². The molecule has 1 aromatic heterocycles. The summed E-state index contributed by atoms with van der Waals surface area (Å²) in [5.41, 5.74) is 0.743. The molecule has 5 nitrogen and oxygen atoms in total. The van der Waals surface area contributed by atoms with Gasteiger partial charge in [-0.15, -0.1) is 0 Å². The Morgan fingerprint density at radius 1 is 1.21 bits per heavy atom. The fourth-order valence-electron chi connectivity index (χ4n) is 3.35. The molecule has 0 aliphatic carbocycles. The number of nitrogens with zero attached hydrogens (tertiary/aromatic N) is 2. The molecular weight excluding hydrogens is 408 g/mol. The van der Waals surface area contributed by atoms with Crippen LogP contribution in [-0.2, 0) is 11.3 Å². The van der Waals surface area contributed by atoms with Crippen molar-refractivity contribution in [3.63, 3.8) is 0 Å². The molecule has 0 saturated carbocycles. The number of benzene rings is 2. The van der Waals surface area contributed by atoms with Gasteiger partial charge >= 0.3 is 0 Å². The van der Waals surface area contributed by atoms with E-state index in [1.54, 1.807) is 16.3 Å². The number of hydrogen-bond donors (Lipinski definition) is 0. The number of rotatable bonds is 8. The van der Waals surface area contributed by atoms with Gasteiger partial charge in [0, 0.05) is 17.4 Å². The Morgan fingerprint density at radius 2 is 2.03 bits per heavy atom. The zero-order valence-electron chi connectivity index (χ0n) is 16.1. The highest BCUT2D eigenvalue weighted by molar-refractivity contribution is 7.99. The van der Waals surface area contributed by atoms with E-state index in [2.05, 4.69) is 0 Å². The lowest BCUT2D eigenvalue weighted by atomic mass is 10.2. The molecule has 3 aromatic rings. The maximum atomic E-state index is 13.1. The second-order valence-electron chi connectivity index (χ2n) is 6.97. The predicted octanol–water partition coefficient (Wildman–Crippen LogP) is 4.79. The minimum Gasteiger partial charge on any atom is -0.494 e. The Kier molecular flexibility index (Phi) is 6.74. The van der Waals surface area contributed by atoms with Crippen LogP contribution in [0.5, 0.6) is 5.75 Å². The van der Waals surface area contributed by atoms with Gasteiger partial charge in [0.2, 0.25) is 0 Å². The van der Waals surface area contributed by atoms with E-state index in [9.17, 15) is 4.79 Å². The summed E-state index contributed by atoms with van der Waals surface area (Å²) in [4.78, 5) is 17.8. The standard InChI is InChI=1S/C22H23ClN2O3S/c23-16-8-10-17(11-9-16)27-13-4-14-29-22-24-20-7-2-1-6-19(20)21(26)25(22)15-18-5-3-12-28-18/h1-2,6-11,18H,3-5,12-15H2. The Hall–Kier alpha value is -2.02. The monoisotopic (exact) mass is 430 g/mol. The third-order valence-electron chi connectivity index (χ3n) is 4.84.